The van der Waals surface area contributed by atoms with Gasteiger partial charge in [0.2, 0.25) is 5.69 Å². The molecule has 1 atom stereocenters. The summed E-state index contributed by atoms with van der Waals surface area (Å²) in [5.74, 6) is 1.03. The number of nitriles is 1. The van der Waals surface area contributed by atoms with Gasteiger partial charge in [-0.25, -0.2) is 14.3 Å². The second-order valence-corrected chi connectivity index (χ2v) is 10.3. The number of nitrogens with zero attached hydrogens (tertiary/aromatic N) is 5. The number of hydrogen-bond donors (Lipinski definition) is 0. The Morgan fingerprint density at radius 1 is 1.26 bits per heavy atom. The molecule has 0 N–H and O–H groups in total. The van der Waals surface area contributed by atoms with Gasteiger partial charge in [0.25, 0.3) is 0 Å². The SMILES string of the molecule is [C-]#[N+]c1c(C)sc(/C=c2/c(C)c(C#N)c(=S)n3nc(C(CC)CCCC)nc23)c1-c1ccccc1. The van der Waals surface area contributed by atoms with Gasteiger partial charge in [0.1, 0.15) is 10.7 Å². The predicted molar refractivity (Wildman–Crippen MR) is 145 cm³/mol. The smallest absolute Gasteiger partial charge is 0.208 e. The summed E-state index contributed by atoms with van der Waals surface area (Å²) in [5.41, 5.74) is 4.48. The van der Waals surface area contributed by atoms with E-state index in [1.807, 2.05) is 44.2 Å². The van der Waals surface area contributed by atoms with Crippen molar-refractivity contribution in [1.82, 2.24) is 14.6 Å². The maximum Gasteiger partial charge on any atom is 0.208 e. The molecule has 0 saturated heterocycles. The summed E-state index contributed by atoms with van der Waals surface area (Å²) >= 11 is 7.24. The van der Waals surface area contributed by atoms with Gasteiger partial charge in [-0.05, 0) is 43.9 Å². The molecule has 1 unspecified atom stereocenters. The fourth-order valence-corrected chi connectivity index (χ4v) is 5.86. The summed E-state index contributed by atoms with van der Waals surface area (Å²) in [5, 5.41) is 15.5. The van der Waals surface area contributed by atoms with Crippen LogP contribution in [0.15, 0.2) is 30.3 Å². The van der Waals surface area contributed by atoms with Crippen molar-refractivity contribution >= 4 is 41.0 Å². The van der Waals surface area contributed by atoms with Crippen molar-refractivity contribution in [1.29, 1.82) is 5.26 Å². The van der Waals surface area contributed by atoms with Crippen LogP contribution in [-0.2, 0) is 0 Å². The average molecular weight is 498 g/mol. The van der Waals surface area contributed by atoms with Crippen LogP contribution in [-0.4, -0.2) is 14.6 Å². The van der Waals surface area contributed by atoms with Crippen molar-refractivity contribution in [3.05, 3.63) is 78.3 Å². The van der Waals surface area contributed by atoms with Crippen LogP contribution < -0.4 is 5.22 Å². The van der Waals surface area contributed by atoms with E-state index in [1.54, 1.807) is 15.9 Å². The molecule has 0 radical (unpaired) electrons. The number of pyridine rings is 1. The Labute approximate surface area is 215 Å². The Bertz CT molecular complexity index is 1580. The lowest BCUT2D eigenvalue weighted by molar-refractivity contribution is 0.543. The molecule has 176 valence electrons. The largest absolute Gasteiger partial charge is 0.236 e. The first kappa shape index (κ1) is 24.7. The van der Waals surface area contributed by atoms with Gasteiger partial charge in [-0.15, -0.1) is 5.10 Å². The minimum absolute atomic E-state index is 0.250. The summed E-state index contributed by atoms with van der Waals surface area (Å²) < 4.78 is 2.06. The van der Waals surface area contributed by atoms with Gasteiger partial charge >= 0.3 is 0 Å². The molecule has 3 heterocycles. The molecule has 0 spiro atoms. The van der Waals surface area contributed by atoms with Crippen molar-refractivity contribution in [3.8, 4) is 17.2 Å². The molecular weight excluding hydrogens is 470 g/mol. The molecule has 4 aromatic rings. The second kappa shape index (κ2) is 10.5. The van der Waals surface area contributed by atoms with Gasteiger partial charge in [0.05, 0.1) is 12.1 Å². The van der Waals surface area contributed by atoms with Crippen LogP contribution in [0.25, 0.3) is 27.7 Å². The zero-order valence-electron chi connectivity index (χ0n) is 20.4. The van der Waals surface area contributed by atoms with Gasteiger partial charge in [-0.1, -0.05) is 69.2 Å². The van der Waals surface area contributed by atoms with Crippen LogP contribution in [0.5, 0.6) is 0 Å². The number of aryl methyl sites for hydroxylation is 1. The third-order valence-electron chi connectivity index (χ3n) is 6.45. The van der Waals surface area contributed by atoms with E-state index in [2.05, 4.69) is 30.8 Å². The molecule has 1 aromatic carbocycles. The fraction of sp³-hybridized carbons (Fsp3) is 0.321. The van der Waals surface area contributed by atoms with E-state index in [-0.39, 0.29) is 5.92 Å². The quantitative estimate of drug-likeness (QED) is 0.196. The molecule has 35 heavy (non-hydrogen) atoms. The molecule has 3 aromatic heterocycles. The maximum atomic E-state index is 9.92. The number of unbranched alkanes of at least 4 members (excludes halogenated alkanes) is 1. The number of aromatic nitrogens is 3. The molecule has 0 saturated carbocycles. The highest BCUT2D eigenvalue weighted by molar-refractivity contribution is 7.71. The Kier molecular flexibility index (Phi) is 7.40. The Morgan fingerprint density at radius 2 is 2.00 bits per heavy atom. The first-order chi connectivity index (χ1) is 16.9. The van der Waals surface area contributed by atoms with Crippen molar-refractivity contribution in [3.63, 3.8) is 0 Å². The lowest BCUT2D eigenvalue weighted by Gasteiger charge is -2.09. The number of rotatable bonds is 7. The summed E-state index contributed by atoms with van der Waals surface area (Å²) in [6.45, 7) is 16.0. The standard InChI is InChI=1S/C28H27N5S2/c1-6-8-12-19(7-2)26-31-27-21(17(3)22(16-29)28(34)33(27)32-26)15-23-24(20-13-10-9-11-14-20)25(30-5)18(4)35-23/h9-11,13-15,19H,6-8,12H2,1-4H3/b21-15-. The summed E-state index contributed by atoms with van der Waals surface area (Å²) in [7, 11) is 0. The first-order valence-electron chi connectivity index (χ1n) is 11.9. The van der Waals surface area contributed by atoms with Crippen LogP contribution in [0.3, 0.4) is 0 Å². The third kappa shape index (κ3) is 4.50. The van der Waals surface area contributed by atoms with Crippen LogP contribution >= 0.6 is 23.6 Å². The highest BCUT2D eigenvalue weighted by Crippen LogP contribution is 2.43. The highest BCUT2D eigenvalue weighted by Gasteiger charge is 2.20. The summed E-state index contributed by atoms with van der Waals surface area (Å²) in [6, 6.07) is 12.3. The van der Waals surface area contributed by atoms with E-state index < -0.39 is 0 Å². The van der Waals surface area contributed by atoms with Crippen LogP contribution in [0.1, 0.15) is 72.2 Å². The van der Waals surface area contributed by atoms with Crippen molar-refractivity contribution in [2.24, 2.45) is 0 Å². The van der Waals surface area contributed by atoms with Crippen LogP contribution in [0, 0.1) is 36.4 Å². The monoisotopic (exact) mass is 497 g/mol. The molecular formula is C28H27N5S2. The van der Waals surface area contributed by atoms with Crippen molar-refractivity contribution in [2.45, 2.75) is 59.3 Å². The Balaban J connectivity index is 2.06. The number of benzene rings is 1. The van der Waals surface area contributed by atoms with Gasteiger partial charge in [-0.2, -0.15) is 16.6 Å². The van der Waals surface area contributed by atoms with Gasteiger partial charge in [0.15, 0.2) is 11.5 Å². The lowest BCUT2D eigenvalue weighted by Crippen LogP contribution is -2.15. The molecule has 4 rings (SSSR count). The van der Waals surface area contributed by atoms with E-state index in [1.165, 1.54) is 0 Å². The van der Waals surface area contributed by atoms with Gasteiger partial charge in [0, 0.05) is 26.5 Å². The normalized spacial score (nSPS) is 12.6. The molecule has 0 aliphatic heterocycles. The topological polar surface area (TPSA) is 58.3 Å². The second-order valence-electron chi connectivity index (χ2n) is 8.65. The van der Waals surface area contributed by atoms with Gasteiger partial charge in [-0.3, -0.25) is 0 Å². The molecule has 0 bridgehead atoms. The van der Waals surface area contributed by atoms with E-state index in [0.717, 1.165) is 63.2 Å². The molecule has 0 fully saturated rings. The van der Waals surface area contributed by atoms with E-state index in [4.69, 9.17) is 28.9 Å². The van der Waals surface area contributed by atoms with Crippen LogP contribution in [0.4, 0.5) is 5.69 Å². The number of thiophene rings is 1. The Hall–Kier alpha value is -3.39. The molecule has 0 aliphatic rings. The summed E-state index contributed by atoms with van der Waals surface area (Å²) in [6.07, 6.45) is 6.26. The minimum atomic E-state index is 0.250. The Morgan fingerprint density at radius 3 is 2.63 bits per heavy atom. The van der Waals surface area contributed by atoms with E-state index in [0.29, 0.717) is 21.5 Å². The number of hydrogen-bond acceptors (Lipinski definition) is 5. The lowest BCUT2D eigenvalue weighted by atomic mass is 9.99. The fourth-order valence-electron chi connectivity index (χ4n) is 4.46. The molecule has 0 aliphatic carbocycles. The zero-order chi connectivity index (χ0) is 25.1. The first-order valence-corrected chi connectivity index (χ1v) is 13.1. The predicted octanol–water partition coefficient (Wildman–Crippen LogP) is 7.46. The summed E-state index contributed by atoms with van der Waals surface area (Å²) in [4.78, 5) is 10.7. The highest BCUT2D eigenvalue weighted by atomic mass is 32.1. The van der Waals surface area contributed by atoms with Crippen LogP contribution in [0.2, 0.25) is 0 Å². The average Bonchev–Trinajstić information content (AvgIpc) is 3.44. The molecule has 5 nitrogen and oxygen atoms in total. The van der Waals surface area contributed by atoms with Crippen molar-refractivity contribution in [2.75, 3.05) is 0 Å². The van der Waals surface area contributed by atoms with Gasteiger partial charge < -0.3 is 0 Å². The third-order valence-corrected chi connectivity index (χ3v) is 7.87. The number of fused-ring (bicyclic) bond motifs is 1. The maximum absolute atomic E-state index is 9.92. The molecule has 7 heteroatoms. The zero-order valence-corrected chi connectivity index (χ0v) is 22.1. The van der Waals surface area contributed by atoms with Crippen molar-refractivity contribution < 1.29 is 0 Å². The van der Waals surface area contributed by atoms with E-state index >= 15 is 0 Å². The van der Waals surface area contributed by atoms with E-state index in [9.17, 15) is 5.26 Å². The minimum Gasteiger partial charge on any atom is -0.236 e. The molecule has 0 amide bonds.